The normalized spacial score (nSPS) is 9.24. The Morgan fingerprint density at radius 1 is 1.24 bits per heavy atom. The maximum Gasteiger partial charge on any atom is 0.445 e. The van der Waals surface area contributed by atoms with Gasteiger partial charge in [-0.05, 0) is 0 Å². The van der Waals surface area contributed by atoms with Crippen molar-refractivity contribution in [3.05, 3.63) is 10.5 Å². The van der Waals surface area contributed by atoms with Crippen molar-refractivity contribution in [2.75, 3.05) is 0 Å². The number of amides is 2. The molecule has 0 aliphatic rings. The fraction of sp³-hybridized carbons (Fsp3) is 0.200. The molecule has 0 saturated heterocycles. The standard InChI is InChI=1S/C3HF3N2S.2CH3NOS/c4-3(5,6)2-8-7-1-9-2;2*2-1(3)4/h1H;2*(H3,2,3,4). The van der Waals surface area contributed by atoms with Gasteiger partial charge in [-0.2, -0.15) is 13.2 Å². The Labute approximate surface area is 108 Å². The molecule has 1 rings (SSSR count). The molecule has 12 heteroatoms. The summed E-state index contributed by atoms with van der Waals surface area (Å²) < 4.78 is 34.6. The molecule has 0 saturated carbocycles. The van der Waals surface area contributed by atoms with Gasteiger partial charge in [-0.1, -0.05) is 36.6 Å². The number of halogens is 3. The maximum absolute atomic E-state index is 11.5. The molecule has 0 aromatic carbocycles. The summed E-state index contributed by atoms with van der Waals surface area (Å²) in [5, 5.41) is 3.69. The lowest BCUT2D eigenvalue weighted by atomic mass is 10.7. The van der Waals surface area contributed by atoms with Crippen molar-refractivity contribution < 1.29 is 22.8 Å². The van der Waals surface area contributed by atoms with Crippen LogP contribution in [-0.4, -0.2) is 20.7 Å². The van der Waals surface area contributed by atoms with Crippen molar-refractivity contribution in [2.24, 2.45) is 11.5 Å². The summed E-state index contributed by atoms with van der Waals surface area (Å²) in [5.74, 6) is 0. The molecule has 4 N–H and O–H groups in total. The minimum absolute atomic E-state index is 0.483. The Morgan fingerprint density at radius 2 is 1.59 bits per heavy atom. The highest BCUT2D eigenvalue weighted by atomic mass is 32.1. The predicted octanol–water partition coefficient (Wildman–Crippen LogP) is 1.55. The lowest BCUT2D eigenvalue weighted by Gasteiger charge is -1.96. The molecule has 98 valence electrons. The van der Waals surface area contributed by atoms with Crippen molar-refractivity contribution in [1.29, 1.82) is 0 Å². The number of carbonyl (C=O) groups is 2. The van der Waals surface area contributed by atoms with Gasteiger partial charge in [0.15, 0.2) is 0 Å². The zero-order chi connectivity index (χ0) is 14.1. The van der Waals surface area contributed by atoms with E-state index in [1.165, 1.54) is 0 Å². The largest absolute Gasteiger partial charge is 0.445 e. The van der Waals surface area contributed by atoms with E-state index >= 15 is 0 Å². The second-order valence-electron chi connectivity index (χ2n) is 1.92. The van der Waals surface area contributed by atoms with Gasteiger partial charge in [-0.3, -0.25) is 9.59 Å². The molecule has 1 aromatic heterocycles. The number of nitrogens with two attached hydrogens (primary N) is 2. The molecule has 0 radical (unpaired) electrons. The molecule has 0 atom stereocenters. The van der Waals surface area contributed by atoms with Crippen molar-refractivity contribution in [3.8, 4) is 0 Å². The number of hydrogen-bond acceptors (Lipinski definition) is 5. The van der Waals surface area contributed by atoms with Crippen molar-refractivity contribution >= 4 is 47.1 Å². The first-order valence-electron chi connectivity index (χ1n) is 3.37. The average Bonchev–Trinajstić information content (AvgIpc) is 2.50. The molecule has 0 aliphatic carbocycles. The minimum Gasteiger partial charge on any atom is -0.361 e. The van der Waals surface area contributed by atoms with Crippen LogP contribution in [0.2, 0.25) is 0 Å². The summed E-state index contributed by atoms with van der Waals surface area (Å²) in [5.41, 5.74) is 9.72. The van der Waals surface area contributed by atoms with Crippen molar-refractivity contribution in [3.63, 3.8) is 0 Å². The Hall–Kier alpha value is -1.01. The molecule has 2 amide bonds. The number of carbonyl (C=O) groups excluding carboxylic acids is 2. The van der Waals surface area contributed by atoms with Crippen LogP contribution in [0.25, 0.3) is 0 Å². The number of rotatable bonds is 0. The smallest absolute Gasteiger partial charge is 0.361 e. The second kappa shape index (κ2) is 9.07. The summed E-state index contributed by atoms with van der Waals surface area (Å²) in [7, 11) is 0. The molecule has 6 nitrogen and oxygen atoms in total. The number of aromatic nitrogens is 2. The molecule has 0 bridgehead atoms. The van der Waals surface area contributed by atoms with Crippen molar-refractivity contribution in [2.45, 2.75) is 6.18 Å². The minimum atomic E-state index is -4.33. The monoisotopic (exact) mass is 308 g/mol. The van der Waals surface area contributed by atoms with E-state index in [0.29, 0.717) is 11.3 Å². The average molecular weight is 308 g/mol. The van der Waals surface area contributed by atoms with Gasteiger partial charge < -0.3 is 11.5 Å². The van der Waals surface area contributed by atoms with E-state index < -0.39 is 21.7 Å². The summed E-state index contributed by atoms with van der Waals surface area (Å²) in [6.07, 6.45) is -4.33. The highest BCUT2D eigenvalue weighted by Gasteiger charge is 2.34. The highest BCUT2D eigenvalue weighted by molar-refractivity contribution is 7.96. The summed E-state index contributed by atoms with van der Waals surface area (Å²) in [4.78, 5) is 18.2. The number of thiol groups is 2. The molecule has 0 aliphatic heterocycles. The van der Waals surface area contributed by atoms with Gasteiger partial charge in [-0.25, -0.2) is 0 Å². The third-order valence-corrected chi connectivity index (χ3v) is 1.34. The first-order chi connectivity index (χ1) is 7.57. The van der Waals surface area contributed by atoms with Gasteiger partial charge in [0, 0.05) is 0 Å². The predicted molar refractivity (Wildman–Crippen MR) is 62.0 cm³/mol. The lowest BCUT2D eigenvalue weighted by molar-refractivity contribution is -0.138. The van der Waals surface area contributed by atoms with E-state index in [9.17, 15) is 13.2 Å². The number of alkyl halides is 3. The van der Waals surface area contributed by atoms with E-state index in [1.807, 2.05) is 0 Å². The topological polar surface area (TPSA) is 112 Å². The number of nitrogens with zero attached hydrogens (tertiary/aromatic N) is 2. The molecular weight excluding hydrogens is 301 g/mol. The molecule has 17 heavy (non-hydrogen) atoms. The van der Waals surface area contributed by atoms with E-state index in [-0.39, 0.29) is 0 Å². The summed E-state index contributed by atoms with van der Waals surface area (Å²) in [6, 6.07) is 0. The van der Waals surface area contributed by atoms with E-state index in [1.54, 1.807) is 0 Å². The third-order valence-electron chi connectivity index (χ3n) is 0.603. The lowest BCUT2D eigenvalue weighted by Crippen LogP contribution is -2.03. The van der Waals surface area contributed by atoms with Crippen LogP contribution in [0.3, 0.4) is 0 Å². The SMILES string of the molecule is FC(F)(F)c1nncs1.NC(=O)S.NC(=O)S. The van der Waals surface area contributed by atoms with Gasteiger partial charge in [0.05, 0.1) is 0 Å². The molecule has 0 spiro atoms. The zero-order valence-corrected chi connectivity index (χ0v) is 10.5. The van der Waals surface area contributed by atoms with E-state index in [2.05, 4.69) is 46.9 Å². The maximum atomic E-state index is 11.5. The highest BCUT2D eigenvalue weighted by Crippen LogP contribution is 2.29. The Kier molecular flexibility index (Phi) is 9.79. The summed E-state index contributed by atoms with van der Waals surface area (Å²) >= 11 is 6.69. The first kappa shape index (κ1) is 18.4. The molecule has 0 unspecified atom stereocenters. The van der Waals surface area contributed by atoms with Gasteiger partial charge in [0.2, 0.25) is 5.01 Å². The molecular formula is C5H7F3N4O2S3. The Morgan fingerprint density at radius 3 is 1.71 bits per heavy atom. The Balaban J connectivity index is 0. The van der Waals surface area contributed by atoms with Gasteiger partial charge >= 0.3 is 6.18 Å². The van der Waals surface area contributed by atoms with Crippen LogP contribution in [-0.2, 0) is 6.18 Å². The zero-order valence-electron chi connectivity index (χ0n) is 7.88. The van der Waals surface area contributed by atoms with Crippen LogP contribution in [0.5, 0.6) is 0 Å². The van der Waals surface area contributed by atoms with Crippen LogP contribution in [0.1, 0.15) is 5.01 Å². The second-order valence-corrected chi connectivity index (χ2v) is 3.63. The first-order valence-corrected chi connectivity index (χ1v) is 5.15. The van der Waals surface area contributed by atoms with Gasteiger partial charge in [-0.15, -0.1) is 10.2 Å². The fourth-order valence-electron chi connectivity index (χ4n) is 0.297. The van der Waals surface area contributed by atoms with Gasteiger partial charge in [0.25, 0.3) is 10.5 Å². The van der Waals surface area contributed by atoms with Gasteiger partial charge in [0.1, 0.15) is 5.51 Å². The van der Waals surface area contributed by atoms with Crippen molar-refractivity contribution in [1.82, 2.24) is 10.2 Å². The van der Waals surface area contributed by atoms with Crippen LogP contribution >= 0.6 is 36.6 Å². The van der Waals surface area contributed by atoms with E-state index in [4.69, 9.17) is 9.59 Å². The quantitative estimate of drug-likeness (QED) is 0.545. The molecule has 1 heterocycles. The number of primary amides is 2. The van der Waals surface area contributed by atoms with Crippen LogP contribution in [0, 0.1) is 0 Å². The molecule has 0 fully saturated rings. The third kappa shape index (κ3) is 17.6. The van der Waals surface area contributed by atoms with Crippen LogP contribution in [0.4, 0.5) is 22.8 Å². The number of hydrogen-bond donors (Lipinski definition) is 4. The Bertz CT molecular complexity index is 323. The fourth-order valence-corrected chi connectivity index (χ4v) is 0.719. The van der Waals surface area contributed by atoms with E-state index in [0.717, 1.165) is 5.51 Å². The van der Waals surface area contributed by atoms with Crippen LogP contribution in [0.15, 0.2) is 5.51 Å². The van der Waals surface area contributed by atoms with Crippen LogP contribution < -0.4 is 11.5 Å². The summed E-state index contributed by atoms with van der Waals surface area (Å²) in [6.45, 7) is 0. The molecule has 1 aromatic rings.